The van der Waals surface area contributed by atoms with Gasteiger partial charge in [-0.3, -0.25) is 10.4 Å². The van der Waals surface area contributed by atoms with Crippen molar-refractivity contribution < 1.29 is 0 Å². The van der Waals surface area contributed by atoms with E-state index < -0.39 is 0 Å². The molecule has 0 atom stereocenters. The topological polar surface area (TPSA) is 36.7 Å². The molecule has 0 radical (unpaired) electrons. The van der Waals surface area contributed by atoms with Crippen molar-refractivity contribution in [3.05, 3.63) is 65.5 Å². The number of benzene rings is 1. The van der Waals surface area contributed by atoms with Crippen LogP contribution in [0.1, 0.15) is 17.0 Å². The largest absolute Gasteiger partial charge is 0.298 e. The number of nitrogens with one attached hydrogen (secondary N) is 1. The second kappa shape index (κ2) is 4.05. The average molecular weight is 196 g/mol. The SMILES string of the molecule is Cc1cccc(C(=N)c2ccccc2)n1. The predicted molar refractivity (Wildman–Crippen MR) is 61.3 cm³/mol. The van der Waals surface area contributed by atoms with Gasteiger partial charge in [-0.25, -0.2) is 0 Å². The maximum atomic E-state index is 8.00. The Balaban J connectivity index is 2.37. The molecule has 0 unspecified atom stereocenters. The first kappa shape index (κ1) is 9.59. The number of aromatic nitrogens is 1. The summed E-state index contributed by atoms with van der Waals surface area (Å²) in [5.41, 5.74) is 3.03. The highest BCUT2D eigenvalue weighted by Gasteiger charge is 2.04. The van der Waals surface area contributed by atoms with Gasteiger partial charge in [-0.1, -0.05) is 36.4 Å². The normalized spacial score (nSPS) is 9.93. The van der Waals surface area contributed by atoms with Crippen molar-refractivity contribution in [2.24, 2.45) is 0 Å². The fraction of sp³-hybridized carbons (Fsp3) is 0.0769. The van der Waals surface area contributed by atoms with Crippen LogP contribution in [0.5, 0.6) is 0 Å². The van der Waals surface area contributed by atoms with Crippen LogP contribution in [-0.2, 0) is 0 Å². The molecule has 0 spiro atoms. The van der Waals surface area contributed by atoms with Gasteiger partial charge in [0.2, 0.25) is 0 Å². The number of nitrogens with zero attached hydrogens (tertiary/aromatic N) is 1. The summed E-state index contributed by atoms with van der Waals surface area (Å²) in [4.78, 5) is 4.32. The van der Waals surface area contributed by atoms with Crippen LogP contribution in [0, 0.1) is 12.3 Å². The first-order valence-corrected chi connectivity index (χ1v) is 4.85. The zero-order valence-electron chi connectivity index (χ0n) is 8.57. The van der Waals surface area contributed by atoms with E-state index in [1.54, 1.807) is 0 Å². The van der Waals surface area contributed by atoms with Crippen LogP contribution in [0.25, 0.3) is 0 Å². The molecule has 1 heterocycles. The van der Waals surface area contributed by atoms with Gasteiger partial charge in [0.1, 0.15) is 0 Å². The first-order chi connectivity index (χ1) is 7.27. The molecule has 1 N–H and O–H groups in total. The van der Waals surface area contributed by atoms with Gasteiger partial charge >= 0.3 is 0 Å². The van der Waals surface area contributed by atoms with Crippen LogP contribution >= 0.6 is 0 Å². The van der Waals surface area contributed by atoms with Gasteiger partial charge in [0.15, 0.2) is 0 Å². The molecule has 0 aliphatic carbocycles. The molecular weight excluding hydrogens is 184 g/mol. The lowest BCUT2D eigenvalue weighted by Gasteiger charge is -2.03. The Morgan fingerprint density at radius 3 is 2.40 bits per heavy atom. The molecule has 0 saturated heterocycles. The van der Waals surface area contributed by atoms with Gasteiger partial charge in [-0.2, -0.15) is 0 Å². The van der Waals surface area contributed by atoms with Gasteiger partial charge in [0, 0.05) is 11.3 Å². The van der Waals surface area contributed by atoms with Crippen LogP contribution in [0.3, 0.4) is 0 Å². The second-order valence-electron chi connectivity index (χ2n) is 3.41. The molecule has 2 heteroatoms. The molecule has 0 aliphatic rings. The maximum absolute atomic E-state index is 8.00. The van der Waals surface area contributed by atoms with Crippen molar-refractivity contribution in [2.45, 2.75) is 6.92 Å². The summed E-state index contributed by atoms with van der Waals surface area (Å²) in [6.07, 6.45) is 0. The average Bonchev–Trinajstić information content (AvgIpc) is 2.29. The molecule has 1 aromatic carbocycles. The second-order valence-corrected chi connectivity index (χ2v) is 3.41. The molecule has 0 aliphatic heterocycles. The molecule has 74 valence electrons. The van der Waals surface area contributed by atoms with Crippen molar-refractivity contribution in [1.82, 2.24) is 4.98 Å². The van der Waals surface area contributed by atoms with Crippen LogP contribution in [0.15, 0.2) is 48.5 Å². The molecule has 0 saturated carbocycles. The van der Waals surface area contributed by atoms with Crippen molar-refractivity contribution in [3.8, 4) is 0 Å². The molecule has 0 bridgehead atoms. The zero-order chi connectivity index (χ0) is 10.7. The molecule has 0 amide bonds. The van der Waals surface area contributed by atoms with Crippen molar-refractivity contribution >= 4 is 5.71 Å². The monoisotopic (exact) mass is 196 g/mol. The summed E-state index contributed by atoms with van der Waals surface area (Å²) in [5.74, 6) is 0. The Hall–Kier alpha value is -1.96. The fourth-order valence-electron chi connectivity index (χ4n) is 1.43. The van der Waals surface area contributed by atoms with E-state index in [0.29, 0.717) is 5.71 Å². The molecular formula is C13H12N2. The third-order valence-electron chi connectivity index (χ3n) is 2.21. The first-order valence-electron chi connectivity index (χ1n) is 4.85. The van der Waals surface area contributed by atoms with Crippen LogP contribution < -0.4 is 0 Å². The van der Waals surface area contributed by atoms with E-state index in [1.807, 2.05) is 55.5 Å². The van der Waals surface area contributed by atoms with E-state index >= 15 is 0 Å². The molecule has 1 aromatic heterocycles. The predicted octanol–water partition coefficient (Wildman–Crippen LogP) is 2.81. The highest BCUT2D eigenvalue weighted by atomic mass is 14.7. The quantitative estimate of drug-likeness (QED) is 0.737. The Labute approximate surface area is 89.1 Å². The highest BCUT2D eigenvalue weighted by molar-refractivity contribution is 6.09. The molecule has 15 heavy (non-hydrogen) atoms. The maximum Gasteiger partial charge on any atom is 0.0888 e. The Morgan fingerprint density at radius 2 is 1.73 bits per heavy atom. The zero-order valence-corrected chi connectivity index (χ0v) is 8.57. The Kier molecular flexibility index (Phi) is 2.59. The lowest BCUT2D eigenvalue weighted by Crippen LogP contribution is -2.04. The number of rotatable bonds is 2. The highest BCUT2D eigenvalue weighted by Crippen LogP contribution is 2.07. The van der Waals surface area contributed by atoms with Gasteiger partial charge in [0.25, 0.3) is 0 Å². The van der Waals surface area contributed by atoms with E-state index in [0.717, 1.165) is 17.0 Å². The number of pyridine rings is 1. The summed E-state index contributed by atoms with van der Waals surface area (Å²) in [7, 11) is 0. The van der Waals surface area contributed by atoms with Crippen LogP contribution in [-0.4, -0.2) is 10.7 Å². The Bertz CT molecular complexity index is 475. The van der Waals surface area contributed by atoms with Gasteiger partial charge in [-0.15, -0.1) is 0 Å². The Morgan fingerprint density at radius 1 is 1.00 bits per heavy atom. The summed E-state index contributed by atoms with van der Waals surface area (Å²) in [6.45, 7) is 1.93. The van der Waals surface area contributed by atoms with E-state index in [2.05, 4.69) is 4.98 Å². The van der Waals surface area contributed by atoms with Crippen molar-refractivity contribution in [1.29, 1.82) is 5.41 Å². The third-order valence-corrected chi connectivity index (χ3v) is 2.21. The van der Waals surface area contributed by atoms with E-state index in [4.69, 9.17) is 5.41 Å². The third kappa shape index (κ3) is 2.10. The molecule has 0 fully saturated rings. The smallest absolute Gasteiger partial charge is 0.0888 e. The minimum Gasteiger partial charge on any atom is -0.298 e. The standard InChI is InChI=1S/C13H12N2/c1-10-6-5-9-12(15-10)13(14)11-7-3-2-4-8-11/h2-9,14H,1H3. The van der Waals surface area contributed by atoms with Crippen LogP contribution in [0.4, 0.5) is 0 Å². The number of aryl methyl sites for hydroxylation is 1. The van der Waals surface area contributed by atoms with Gasteiger partial charge in [-0.05, 0) is 19.1 Å². The van der Waals surface area contributed by atoms with Crippen molar-refractivity contribution in [2.75, 3.05) is 0 Å². The minimum absolute atomic E-state index is 0.472. The molecule has 2 nitrogen and oxygen atoms in total. The fourth-order valence-corrected chi connectivity index (χ4v) is 1.43. The van der Waals surface area contributed by atoms with E-state index in [-0.39, 0.29) is 0 Å². The molecule has 2 aromatic rings. The van der Waals surface area contributed by atoms with Crippen LogP contribution in [0.2, 0.25) is 0 Å². The van der Waals surface area contributed by atoms with Gasteiger partial charge < -0.3 is 0 Å². The number of hydrogen-bond donors (Lipinski definition) is 1. The summed E-state index contributed by atoms with van der Waals surface area (Å²) >= 11 is 0. The lowest BCUT2D eigenvalue weighted by molar-refractivity contribution is 1.17. The number of hydrogen-bond acceptors (Lipinski definition) is 2. The molecule has 2 rings (SSSR count). The minimum atomic E-state index is 0.472. The van der Waals surface area contributed by atoms with E-state index in [1.165, 1.54) is 0 Å². The van der Waals surface area contributed by atoms with Crippen molar-refractivity contribution in [3.63, 3.8) is 0 Å². The summed E-state index contributed by atoms with van der Waals surface area (Å²) in [6, 6.07) is 15.4. The summed E-state index contributed by atoms with van der Waals surface area (Å²) < 4.78 is 0. The summed E-state index contributed by atoms with van der Waals surface area (Å²) in [5, 5.41) is 8.00. The van der Waals surface area contributed by atoms with Gasteiger partial charge in [0.05, 0.1) is 11.4 Å². The van der Waals surface area contributed by atoms with E-state index in [9.17, 15) is 0 Å². The lowest BCUT2D eigenvalue weighted by atomic mass is 10.1.